The minimum absolute atomic E-state index is 0.0550. The molecule has 0 bridgehead atoms. The number of carbonyl (C=O) groups excluding carboxylic acids is 2. The van der Waals surface area contributed by atoms with Crippen LogP contribution in [0.15, 0.2) is 94.6 Å². The fraction of sp³-hybridized carbons (Fsp3) is 0.200. The number of para-hydroxylation sites is 2. The largest absolute Gasteiger partial charge is 0.459 e. The third-order valence-corrected chi connectivity index (χ3v) is 6.69. The molecule has 0 radical (unpaired) electrons. The topological polar surface area (TPSA) is 100 Å². The van der Waals surface area contributed by atoms with Crippen molar-refractivity contribution < 1.29 is 37.1 Å². The van der Waals surface area contributed by atoms with E-state index in [4.69, 9.17) is 14.2 Å². The Hall–Kier alpha value is -3.69. The van der Waals surface area contributed by atoms with Crippen molar-refractivity contribution in [3.8, 4) is 5.75 Å². The fourth-order valence-electron chi connectivity index (χ4n) is 3.23. The second-order valence-corrected chi connectivity index (χ2v) is 9.28. The number of rotatable bonds is 9. The van der Waals surface area contributed by atoms with Gasteiger partial charge < -0.3 is 14.2 Å². The molecule has 1 aliphatic rings. The van der Waals surface area contributed by atoms with E-state index in [0.717, 1.165) is 10.6 Å². The Kier molecular flexibility index (Phi) is 8.04. The van der Waals surface area contributed by atoms with Gasteiger partial charge in [0.1, 0.15) is 13.2 Å². The molecule has 2 aromatic rings. The van der Waals surface area contributed by atoms with E-state index in [1.165, 1.54) is 31.2 Å². The average molecular weight is 485 g/mol. The molecule has 34 heavy (non-hydrogen) atoms. The van der Waals surface area contributed by atoms with Gasteiger partial charge in [-0.15, -0.1) is 0 Å². The minimum Gasteiger partial charge on any atom is -0.459 e. The van der Waals surface area contributed by atoms with Crippen molar-refractivity contribution >= 4 is 27.5 Å². The lowest BCUT2D eigenvalue weighted by atomic mass is 10.3. The van der Waals surface area contributed by atoms with Crippen LogP contribution in [0.2, 0.25) is 0 Å². The van der Waals surface area contributed by atoms with E-state index in [2.05, 4.69) is 6.58 Å². The number of hydrogen-bond acceptors (Lipinski definition) is 7. The van der Waals surface area contributed by atoms with E-state index in [1.54, 1.807) is 18.2 Å². The molecule has 178 valence electrons. The van der Waals surface area contributed by atoms with Crippen molar-refractivity contribution in [2.24, 2.45) is 0 Å². The molecule has 1 N–H and O–H groups in total. The van der Waals surface area contributed by atoms with Gasteiger partial charge in [0.2, 0.25) is 9.84 Å². The normalized spacial score (nSPS) is 16.5. The van der Waals surface area contributed by atoms with Crippen molar-refractivity contribution in [1.82, 2.24) is 0 Å². The van der Waals surface area contributed by atoms with Crippen molar-refractivity contribution in [2.75, 3.05) is 19.8 Å². The molecule has 1 aliphatic heterocycles. The standard InChI is InChI=1S/C25H25NO7S/c1-4-26-20-12-8-9-13-21(20)33-23(26)15-14-22(34(29,30)19-10-6-5-7-11-19)25(28)32-17-16-31-24(27)18(2)3/h5-15H,2,4,16-17H2,1,3H3/p+1/b22-14-,23-15-. The molecule has 9 heteroatoms. The maximum Gasteiger partial charge on any atom is 0.350 e. The number of benzene rings is 2. The van der Waals surface area contributed by atoms with E-state index in [0.29, 0.717) is 18.2 Å². The van der Waals surface area contributed by atoms with Gasteiger partial charge in [0.25, 0.3) is 0 Å². The predicted molar refractivity (Wildman–Crippen MR) is 125 cm³/mol. The zero-order valence-electron chi connectivity index (χ0n) is 18.9. The first-order chi connectivity index (χ1) is 16.3. The van der Waals surface area contributed by atoms with Gasteiger partial charge in [0, 0.05) is 17.7 Å². The third kappa shape index (κ3) is 5.62. The van der Waals surface area contributed by atoms with E-state index < -0.39 is 26.7 Å². The SMILES string of the molecule is C=C(C)C(=O)OCCOC(=O)/C(=C/C=C1\Oc2ccccc2[NH+]1CC)S(=O)(=O)c1ccccc1. The number of ether oxygens (including phenoxy) is 3. The second-order valence-electron chi connectivity index (χ2n) is 7.36. The molecule has 0 saturated heterocycles. The molecule has 1 unspecified atom stereocenters. The van der Waals surface area contributed by atoms with Crippen LogP contribution >= 0.6 is 0 Å². The van der Waals surface area contributed by atoms with Gasteiger partial charge in [-0.1, -0.05) is 36.9 Å². The Morgan fingerprint density at radius 2 is 1.62 bits per heavy atom. The molecule has 0 aromatic heterocycles. The number of carbonyl (C=O) groups is 2. The molecule has 0 fully saturated rings. The van der Waals surface area contributed by atoms with Crippen LogP contribution in [0.4, 0.5) is 5.69 Å². The van der Waals surface area contributed by atoms with Crippen LogP contribution < -0.4 is 9.64 Å². The van der Waals surface area contributed by atoms with Crippen molar-refractivity contribution in [2.45, 2.75) is 18.7 Å². The Bertz CT molecular complexity index is 1250. The first-order valence-corrected chi connectivity index (χ1v) is 12.1. The number of quaternary nitrogens is 1. The molecule has 0 amide bonds. The molecule has 1 atom stereocenters. The van der Waals surface area contributed by atoms with E-state index >= 15 is 0 Å². The molecule has 0 aliphatic carbocycles. The van der Waals surface area contributed by atoms with Gasteiger partial charge in [-0.25, -0.2) is 22.9 Å². The molecule has 2 aromatic carbocycles. The zero-order valence-corrected chi connectivity index (χ0v) is 19.8. The maximum atomic E-state index is 13.2. The zero-order chi connectivity index (χ0) is 24.7. The monoisotopic (exact) mass is 484 g/mol. The van der Waals surface area contributed by atoms with Crippen LogP contribution in [0.3, 0.4) is 0 Å². The van der Waals surface area contributed by atoms with Crippen molar-refractivity contribution in [3.63, 3.8) is 0 Å². The first kappa shape index (κ1) is 24.9. The lowest BCUT2D eigenvalue weighted by Gasteiger charge is -2.11. The summed E-state index contributed by atoms with van der Waals surface area (Å²) in [4.78, 5) is 24.6. The summed E-state index contributed by atoms with van der Waals surface area (Å²) >= 11 is 0. The van der Waals surface area contributed by atoms with E-state index in [1.807, 2.05) is 31.2 Å². The highest BCUT2D eigenvalue weighted by molar-refractivity contribution is 7.96. The van der Waals surface area contributed by atoms with Gasteiger partial charge >= 0.3 is 17.8 Å². The summed E-state index contributed by atoms with van der Waals surface area (Å²) in [7, 11) is -4.20. The Labute approximate surface area is 198 Å². The number of hydrogen-bond donors (Lipinski definition) is 1. The van der Waals surface area contributed by atoms with E-state index in [-0.39, 0.29) is 23.7 Å². The van der Waals surface area contributed by atoms with Gasteiger partial charge in [-0.3, -0.25) is 0 Å². The van der Waals surface area contributed by atoms with Crippen LogP contribution in [-0.4, -0.2) is 40.1 Å². The van der Waals surface area contributed by atoms with Crippen molar-refractivity contribution in [3.05, 3.63) is 89.7 Å². The maximum absolute atomic E-state index is 13.2. The number of sulfone groups is 1. The lowest BCUT2D eigenvalue weighted by molar-refractivity contribution is -0.793. The lowest BCUT2D eigenvalue weighted by Crippen LogP contribution is -3.04. The molecule has 8 nitrogen and oxygen atoms in total. The van der Waals surface area contributed by atoms with Crippen molar-refractivity contribution in [1.29, 1.82) is 0 Å². The summed E-state index contributed by atoms with van der Waals surface area (Å²) in [6.45, 7) is 7.01. The number of allylic oxidation sites excluding steroid dienone is 2. The summed E-state index contributed by atoms with van der Waals surface area (Å²) in [6, 6.07) is 15.0. The van der Waals surface area contributed by atoms with E-state index in [9.17, 15) is 18.0 Å². The molecular weight excluding hydrogens is 458 g/mol. The highest BCUT2D eigenvalue weighted by Gasteiger charge is 2.32. The average Bonchev–Trinajstić information content (AvgIpc) is 3.19. The quantitative estimate of drug-likeness (QED) is 0.332. The van der Waals surface area contributed by atoms with Crippen LogP contribution in [-0.2, 0) is 28.9 Å². The molecule has 1 heterocycles. The fourth-order valence-corrected chi connectivity index (χ4v) is 4.52. The van der Waals surface area contributed by atoms with Gasteiger partial charge in [-0.05, 0) is 38.1 Å². The predicted octanol–water partition coefficient (Wildman–Crippen LogP) is 2.48. The number of nitrogens with one attached hydrogen (secondary N) is 1. The highest BCUT2D eigenvalue weighted by Crippen LogP contribution is 2.27. The van der Waals surface area contributed by atoms with Crippen LogP contribution in [0.1, 0.15) is 13.8 Å². The van der Waals surface area contributed by atoms with Crippen LogP contribution in [0.25, 0.3) is 0 Å². The van der Waals surface area contributed by atoms with Gasteiger partial charge in [-0.2, -0.15) is 0 Å². The Morgan fingerprint density at radius 1 is 1.00 bits per heavy atom. The number of esters is 2. The summed E-state index contributed by atoms with van der Waals surface area (Å²) < 4.78 is 42.3. The van der Waals surface area contributed by atoms with Crippen LogP contribution in [0, 0.1) is 0 Å². The smallest absolute Gasteiger partial charge is 0.350 e. The van der Waals surface area contributed by atoms with Gasteiger partial charge in [0.15, 0.2) is 16.3 Å². The minimum atomic E-state index is -4.20. The molecule has 0 saturated carbocycles. The third-order valence-electron chi connectivity index (χ3n) is 4.91. The summed E-state index contributed by atoms with van der Waals surface area (Å²) in [5, 5.41) is 0. The Balaban J connectivity index is 1.89. The summed E-state index contributed by atoms with van der Waals surface area (Å²) in [6.07, 6.45) is 2.64. The van der Waals surface area contributed by atoms with Gasteiger partial charge in [0.05, 0.1) is 11.4 Å². The van der Waals surface area contributed by atoms with Crippen LogP contribution in [0.5, 0.6) is 5.75 Å². The molecule has 0 spiro atoms. The summed E-state index contributed by atoms with van der Waals surface area (Å²) in [5.41, 5.74) is 1.12. The molecular formula is C25H26NO7S+. The summed E-state index contributed by atoms with van der Waals surface area (Å²) in [5.74, 6) is -0.587. The second kappa shape index (κ2) is 11.0. The number of fused-ring (bicyclic) bond motifs is 1. The molecule has 3 rings (SSSR count). The Morgan fingerprint density at radius 3 is 2.26 bits per heavy atom. The first-order valence-electron chi connectivity index (χ1n) is 10.6. The highest BCUT2D eigenvalue weighted by atomic mass is 32.2.